The van der Waals surface area contributed by atoms with Crippen LogP contribution in [-0.2, 0) is 14.0 Å². The first-order valence-corrected chi connectivity index (χ1v) is 7.83. The van der Waals surface area contributed by atoms with Crippen LogP contribution >= 0.6 is 0 Å². The molecule has 0 saturated carbocycles. The van der Waals surface area contributed by atoms with Gasteiger partial charge in [0.25, 0.3) is 0 Å². The molecule has 2 saturated heterocycles. The van der Waals surface area contributed by atoms with Crippen molar-refractivity contribution < 1.29 is 14.0 Å². The van der Waals surface area contributed by atoms with E-state index in [9.17, 15) is 0 Å². The number of hydrogen-bond acceptors (Lipinski definition) is 4. The summed E-state index contributed by atoms with van der Waals surface area (Å²) in [6.45, 7) is 9.54. The lowest BCUT2D eigenvalue weighted by atomic mass is 9.75. The third kappa shape index (κ3) is 4.84. The second-order valence-corrected chi connectivity index (χ2v) is 6.62. The Balaban J connectivity index is 0.000000299. The molecule has 2 fully saturated rings. The van der Waals surface area contributed by atoms with Gasteiger partial charge in [-0.15, -0.1) is 0 Å². The van der Waals surface area contributed by atoms with Gasteiger partial charge in [0.2, 0.25) is 0 Å². The van der Waals surface area contributed by atoms with Crippen LogP contribution in [0.1, 0.15) is 37.8 Å². The molecular weight excluding hydrogens is 277 g/mol. The summed E-state index contributed by atoms with van der Waals surface area (Å²) >= 11 is 0. The highest BCUT2D eigenvalue weighted by Crippen LogP contribution is 2.21. The maximum Gasteiger partial charge on any atom is 0.493 e. The second kappa shape index (κ2) is 7.78. The van der Waals surface area contributed by atoms with Crippen LogP contribution in [0.25, 0.3) is 0 Å². The first-order valence-electron chi connectivity index (χ1n) is 7.83. The van der Waals surface area contributed by atoms with E-state index in [0.29, 0.717) is 18.8 Å². The average Bonchev–Trinajstić information content (AvgIpc) is 3.06. The lowest BCUT2D eigenvalue weighted by Gasteiger charge is -2.33. The van der Waals surface area contributed by atoms with Gasteiger partial charge in [0.05, 0.1) is 11.6 Å². The van der Waals surface area contributed by atoms with Gasteiger partial charge in [-0.2, -0.15) is 5.26 Å². The van der Waals surface area contributed by atoms with Gasteiger partial charge in [0.1, 0.15) is 0 Å². The molecule has 0 unspecified atom stereocenters. The Morgan fingerprint density at radius 2 is 1.77 bits per heavy atom. The fourth-order valence-corrected chi connectivity index (χ4v) is 2.35. The van der Waals surface area contributed by atoms with E-state index in [1.54, 1.807) is 0 Å². The Labute approximate surface area is 133 Å². The molecule has 118 valence electrons. The first-order chi connectivity index (χ1) is 10.5. The average molecular weight is 301 g/mol. The standard InChI is InChI=1S/C13H16BNO2.C4H8O/c1-10-6-12(5-4-11(10)7-15)14-16-8-13(2,3)9-17-14;1-2-4-5-3-1/h4-6H,8-9H2,1-3H3;1-4H2. The van der Waals surface area contributed by atoms with Crippen LogP contribution in [0.4, 0.5) is 0 Å². The largest absolute Gasteiger partial charge is 0.493 e. The van der Waals surface area contributed by atoms with E-state index >= 15 is 0 Å². The van der Waals surface area contributed by atoms with E-state index in [1.165, 1.54) is 12.8 Å². The molecule has 22 heavy (non-hydrogen) atoms. The molecule has 2 heterocycles. The normalized spacial score (nSPS) is 20.0. The maximum atomic E-state index is 8.88. The molecule has 0 spiro atoms. The minimum Gasteiger partial charge on any atom is -0.407 e. The van der Waals surface area contributed by atoms with Crippen molar-refractivity contribution in [3.05, 3.63) is 29.3 Å². The summed E-state index contributed by atoms with van der Waals surface area (Å²) in [4.78, 5) is 0. The van der Waals surface area contributed by atoms with Gasteiger partial charge in [0, 0.05) is 31.8 Å². The zero-order chi connectivity index (χ0) is 16.0. The van der Waals surface area contributed by atoms with Gasteiger partial charge in [-0.1, -0.05) is 26.0 Å². The van der Waals surface area contributed by atoms with E-state index in [-0.39, 0.29) is 12.5 Å². The monoisotopic (exact) mass is 301 g/mol. The molecule has 0 radical (unpaired) electrons. The number of aryl methyl sites for hydroxylation is 1. The zero-order valence-corrected chi connectivity index (χ0v) is 13.7. The fraction of sp³-hybridized carbons (Fsp3) is 0.588. The Kier molecular flexibility index (Phi) is 6.02. The predicted molar refractivity (Wildman–Crippen MR) is 87.0 cm³/mol. The summed E-state index contributed by atoms with van der Waals surface area (Å²) in [6, 6.07) is 7.83. The maximum absolute atomic E-state index is 8.88. The van der Waals surface area contributed by atoms with Crippen molar-refractivity contribution in [1.82, 2.24) is 0 Å². The lowest BCUT2D eigenvalue weighted by molar-refractivity contribution is 0.0343. The van der Waals surface area contributed by atoms with Gasteiger partial charge in [0.15, 0.2) is 0 Å². The smallest absolute Gasteiger partial charge is 0.407 e. The van der Waals surface area contributed by atoms with Crippen LogP contribution in [0, 0.1) is 23.7 Å². The van der Waals surface area contributed by atoms with Crippen LogP contribution in [0.2, 0.25) is 0 Å². The molecule has 1 aromatic carbocycles. The third-order valence-electron chi connectivity index (χ3n) is 3.72. The summed E-state index contributed by atoms with van der Waals surface area (Å²) in [5.74, 6) is 0. The molecule has 2 aliphatic heterocycles. The van der Waals surface area contributed by atoms with E-state index < -0.39 is 0 Å². The van der Waals surface area contributed by atoms with E-state index in [0.717, 1.165) is 24.2 Å². The van der Waals surface area contributed by atoms with Gasteiger partial charge in [-0.3, -0.25) is 0 Å². The van der Waals surface area contributed by atoms with Crippen molar-refractivity contribution in [1.29, 1.82) is 5.26 Å². The number of nitriles is 1. The van der Waals surface area contributed by atoms with E-state index in [2.05, 4.69) is 19.9 Å². The molecular formula is C17H24BNO3. The Morgan fingerprint density at radius 1 is 1.14 bits per heavy atom. The highest BCUT2D eigenvalue weighted by atomic mass is 16.6. The van der Waals surface area contributed by atoms with Crippen molar-refractivity contribution >= 4 is 12.6 Å². The predicted octanol–water partition coefficient (Wildman–Crippen LogP) is 2.43. The van der Waals surface area contributed by atoms with Gasteiger partial charge >= 0.3 is 7.12 Å². The lowest BCUT2D eigenvalue weighted by Crippen LogP contribution is -2.47. The van der Waals surface area contributed by atoms with Gasteiger partial charge in [-0.25, -0.2) is 0 Å². The third-order valence-corrected chi connectivity index (χ3v) is 3.72. The molecule has 0 N–H and O–H groups in total. The summed E-state index contributed by atoms with van der Waals surface area (Å²) in [7, 11) is -0.297. The summed E-state index contributed by atoms with van der Waals surface area (Å²) in [6.07, 6.45) is 2.56. The molecule has 0 aromatic heterocycles. The van der Waals surface area contributed by atoms with Crippen molar-refractivity contribution in [2.45, 2.75) is 33.6 Å². The van der Waals surface area contributed by atoms with Crippen LogP contribution in [0.5, 0.6) is 0 Å². The minimum atomic E-state index is -0.297. The molecule has 4 nitrogen and oxygen atoms in total. The van der Waals surface area contributed by atoms with Crippen molar-refractivity contribution in [3.8, 4) is 6.07 Å². The quantitative estimate of drug-likeness (QED) is 0.748. The molecule has 1 aromatic rings. The molecule has 0 bridgehead atoms. The van der Waals surface area contributed by atoms with Crippen molar-refractivity contribution in [2.75, 3.05) is 26.4 Å². The summed E-state index contributed by atoms with van der Waals surface area (Å²) in [5.41, 5.74) is 2.72. The van der Waals surface area contributed by atoms with Crippen molar-refractivity contribution in [3.63, 3.8) is 0 Å². The molecule has 5 heteroatoms. The second-order valence-electron chi connectivity index (χ2n) is 6.62. The SMILES string of the molecule is C1CCOC1.Cc1cc(B2OCC(C)(C)CO2)ccc1C#N. The molecule has 2 aliphatic rings. The van der Waals surface area contributed by atoms with E-state index in [4.69, 9.17) is 19.3 Å². The Hall–Kier alpha value is -1.35. The fourth-order valence-electron chi connectivity index (χ4n) is 2.35. The first kappa shape index (κ1) is 17.0. The zero-order valence-electron chi connectivity index (χ0n) is 13.7. The molecule has 0 amide bonds. The molecule has 0 aliphatic carbocycles. The van der Waals surface area contributed by atoms with Crippen LogP contribution in [0.3, 0.4) is 0 Å². The van der Waals surface area contributed by atoms with E-state index in [1.807, 2.05) is 25.1 Å². The highest BCUT2D eigenvalue weighted by molar-refractivity contribution is 6.61. The number of hydrogen-bond donors (Lipinski definition) is 0. The van der Waals surface area contributed by atoms with Crippen LogP contribution in [0.15, 0.2) is 18.2 Å². The molecule has 3 rings (SSSR count). The Bertz CT molecular complexity index is 518. The van der Waals surface area contributed by atoms with Gasteiger partial charge in [-0.05, 0) is 36.9 Å². The van der Waals surface area contributed by atoms with Crippen LogP contribution < -0.4 is 5.46 Å². The number of rotatable bonds is 1. The van der Waals surface area contributed by atoms with Crippen molar-refractivity contribution in [2.24, 2.45) is 5.41 Å². The minimum absolute atomic E-state index is 0.0815. The topological polar surface area (TPSA) is 51.5 Å². The number of nitrogens with zero attached hydrogens (tertiary/aromatic N) is 1. The number of benzene rings is 1. The number of ether oxygens (including phenoxy) is 1. The summed E-state index contributed by atoms with van der Waals surface area (Å²) < 4.78 is 16.3. The Morgan fingerprint density at radius 3 is 2.23 bits per heavy atom. The van der Waals surface area contributed by atoms with Crippen LogP contribution in [-0.4, -0.2) is 33.5 Å². The highest BCUT2D eigenvalue weighted by Gasteiger charge is 2.33. The summed E-state index contributed by atoms with van der Waals surface area (Å²) in [5, 5.41) is 8.88. The van der Waals surface area contributed by atoms with Gasteiger partial charge < -0.3 is 14.0 Å². The molecule has 0 atom stereocenters.